The Labute approximate surface area is 205 Å². The molecule has 0 N–H and O–H groups in total. The Kier molecular flexibility index (Phi) is 8.61. The van der Waals surface area contributed by atoms with Crippen molar-refractivity contribution in [2.75, 3.05) is 7.11 Å². The van der Waals surface area contributed by atoms with E-state index in [-0.39, 0.29) is 10.9 Å². The minimum Gasteiger partial charge on any atom is -0.744 e. The predicted molar refractivity (Wildman–Crippen MR) is 127 cm³/mol. The van der Waals surface area contributed by atoms with Crippen molar-refractivity contribution >= 4 is 21.0 Å². The molecule has 35 heavy (non-hydrogen) atoms. The van der Waals surface area contributed by atoms with E-state index in [4.69, 9.17) is 4.74 Å². The van der Waals surface area contributed by atoms with Crippen LogP contribution in [0.25, 0.3) is 0 Å². The molecular weight excluding hydrogens is 497 g/mol. The van der Waals surface area contributed by atoms with Crippen molar-refractivity contribution in [1.82, 2.24) is 0 Å². The molecule has 0 aliphatic rings. The Morgan fingerprint density at radius 3 is 1.49 bits per heavy atom. The van der Waals surface area contributed by atoms with E-state index in [0.29, 0.717) is 24.3 Å². The smallest absolute Gasteiger partial charge is 0.416 e. The molecule has 0 bridgehead atoms. The predicted octanol–water partition coefficient (Wildman–Crippen LogP) is 6.40. The highest BCUT2D eigenvalue weighted by molar-refractivity contribution is 7.97. The van der Waals surface area contributed by atoms with Gasteiger partial charge in [0.15, 0.2) is 14.7 Å². The first kappa shape index (κ1) is 26.3. The molecule has 0 fully saturated rings. The summed E-state index contributed by atoms with van der Waals surface area (Å²) in [6.07, 6.45) is -4.54. The minimum absolute atomic E-state index is 0.0804. The van der Waals surface area contributed by atoms with Gasteiger partial charge in [-0.15, -0.1) is 0 Å². The normalized spacial score (nSPS) is 11.5. The van der Waals surface area contributed by atoms with Crippen molar-refractivity contribution in [2.45, 2.75) is 25.8 Å². The zero-order chi connectivity index (χ0) is 25.5. The van der Waals surface area contributed by atoms with Gasteiger partial charge in [-0.25, -0.2) is 8.42 Å². The maximum atomic E-state index is 12.0. The van der Waals surface area contributed by atoms with Crippen molar-refractivity contribution < 1.29 is 30.9 Å². The summed E-state index contributed by atoms with van der Waals surface area (Å²) in [5.74, 6) is 0.892. The van der Waals surface area contributed by atoms with Gasteiger partial charge in [0.25, 0.3) is 0 Å². The van der Waals surface area contributed by atoms with E-state index in [1.165, 1.54) is 14.7 Å². The lowest BCUT2D eigenvalue weighted by Crippen LogP contribution is -2.05. The molecule has 4 aromatic rings. The highest BCUT2D eigenvalue weighted by Crippen LogP contribution is 2.32. The van der Waals surface area contributed by atoms with Crippen LogP contribution in [-0.2, 0) is 27.2 Å². The Morgan fingerprint density at radius 2 is 1.11 bits per heavy atom. The van der Waals surface area contributed by atoms with Gasteiger partial charge in [0.2, 0.25) is 0 Å². The lowest BCUT2D eigenvalue weighted by atomic mass is 10.2. The van der Waals surface area contributed by atoms with Crippen LogP contribution in [0.5, 0.6) is 5.75 Å². The van der Waals surface area contributed by atoms with Gasteiger partial charge >= 0.3 is 6.18 Å². The monoisotopic (exact) mass is 518 g/mol. The number of hydrogen-bond acceptors (Lipinski definition) is 4. The highest BCUT2D eigenvalue weighted by atomic mass is 32.2. The van der Waals surface area contributed by atoms with Gasteiger partial charge in [0.05, 0.1) is 28.5 Å². The largest absolute Gasteiger partial charge is 0.744 e. The third kappa shape index (κ3) is 7.35. The average Bonchev–Trinajstić information content (AvgIpc) is 2.85. The van der Waals surface area contributed by atoms with Gasteiger partial charge in [-0.05, 0) is 72.8 Å². The number of rotatable bonds is 5. The molecule has 0 unspecified atom stereocenters. The minimum atomic E-state index is -4.68. The van der Waals surface area contributed by atoms with Crippen molar-refractivity contribution in [2.24, 2.45) is 0 Å². The van der Waals surface area contributed by atoms with Crippen LogP contribution >= 0.6 is 0 Å². The molecule has 0 radical (unpaired) electrons. The van der Waals surface area contributed by atoms with E-state index in [9.17, 15) is 26.1 Å². The molecule has 4 rings (SSSR count). The Bertz CT molecular complexity index is 1270. The van der Waals surface area contributed by atoms with E-state index >= 15 is 0 Å². The summed E-state index contributed by atoms with van der Waals surface area (Å²) in [6, 6.07) is 32.0. The fraction of sp³-hybridized carbons (Fsp3) is 0.0769. The third-order valence-electron chi connectivity index (χ3n) is 4.72. The van der Waals surface area contributed by atoms with Crippen molar-refractivity contribution in [3.05, 3.63) is 115 Å². The fourth-order valence-electron chi connectivity index (χ4n) is 3.04. The van der Waals surface area contributed by atoms with Gasteiger partial charge < -0.3 is 9.29 Å². The molecule has 0 aromatic heterocycles. The van der Waals surface area contributed by atoms with E-state index in [1.807, 2.05) is 12.1 Å². The summed E-state index contributed by atoms with van der Waals surface area (Å²) in [4.78, 5) is 3.28. The average molecular weight is 519 g/mol. The van der Waals surface area contributed by atoms with E-state index < -0.39 is 26.8 Å². The van der Waals surface area contributed by atoms with E-state index in [1.54, 1.807) is 7.11 Å². The maximum Gasteiger partial charge on any atom is 0.416 e. The Morgan fingerprint density at radius 1 is 0.686 bits per heavy atom. The molecule has 0 spiro atoms. The van der Waals surface area contributed by atoms with Crippen LogP contribution in [-0.4, -0.2) is 20.1 Å². The number of methoxy groups -OCH3 is 1. The van der Waals surface area contributed by atoms with Crippen LogP contribution in [0.3, 0.4) is 0 Å². The molecule has 0 saturated carbocycles. The molecule has 0 atom stereocenters. The summed E-state index contributed by atoms with van der Waals surface area (Å²) < 4.78 is 72.3. The standard InChI is InChI=1S/C19H17OS.C7H5F3O3S/c1-20-16-12-14-19(15-13-16)21(17-8-4-2-5-9-17)18-10-6-3-7-11-18;8-7(9,10)5-1-3-6(4-2-5)14(11,12)13/h2-15H,1H3;1-4H,(H,11,12,13)/q+1;/p-1. The number of ether oxygens (including phenoxy) is 1. The SMILES string of the molecule is COc1ccc([S+](c2ccccc2)c2ccccc2)cc1.O=S(=O)([O-])c1ccc(C(F)(F)F)cc1. The van der Waals surface area contributed by atoms with Crippen LogP contribution in [0, 0.1) is 0 Å². The lowest BCUT2D eigenvalue weighted by molar-refractivity contribution is -0.137. The summed E-state index contributed by atoms with van der Waals surface area (Å²) in [5.41, 5.74) is -0.995. The molecule has 0 saturated heterocycles. The van der Waals surface area contributed by atoms with Crippen molar-refractivity contribution in [3.8, 4) is 5.75 Å². The number of alkyl halides is 3. The third-order valence-corrected chi connectivity index (χ3v) is 7.80. The Balaban J connectivity index is 0.000000214. The first-order valence-corrected chi connectivity index (χ1v) is 12.8. The van der Waals surface area contributed by atoms with Gasteiger partial charge in [-0.1, -0.05) is 36.4 Å². The van der Waals surface area contributed by atoms with Crippen molar-refractivity contribution in [3.63, 3.8) is 0 Å². The molecule has 0 amide bonds. The summed E-state index contributed by atoms with van der Waals surface area (Å²) in [5, 5.41) is 0. The molecule has 0 aliphatic carbocycles. The summed E-state index contributed by atoms with van der Waals surface area (Å²) in [6.45, 7) is 0. The van der Waals surface area contributed by atoms with Crippen LogP contribution in [0.4, 0.5) is 13.2 Å². The second kappa shape index (κ2) is 11.4. The molecule has 4 aromatic carbocycles. The van der Waals surface area contributed by atoms with Crippen LogP contribution in [0.15, 0.2) is 129 Å². The van der Waals surface area contributed by atoms with Crippen LogP contribution in [0.2, 0.25) is 0 Å². The molecule has 182 valence electrons. The van der Waals surface area contributed by atoms with E-state index in [2.05, 4.69) is 72.8 Å². The van der Waals surface area contributed by atoms with Crippen LogP contribution < -0.4 is 4.74 Å². The molecular formula is C26H21F3O4S2. The molecule has 4 nitrogen and oxygen atoms in total. The summed E-state index contributed by atoms with van der Waals surface area (Å²) in [7, 11) is -3.07. The number of benzene rings is 4. The highest BCUT2D eigenvalue weighted by Gasteiger charge is 2.30. The Hall–Kier alpha value is -3.27. The summed E-state index contributed by atoms with van der Waals surface area (Å²) >= 11 is 0. The van der Waals surface area contributed by atoms with Crippen molar-refractivity contribution in [1.29, 1.82) is 0 Å². The van der Waals surface area contributed by atoms with Gasteiger partial charge in [0.1, 0.15) is 15.9 Å². The van der Waals surface area contributed by atoms with Gasteiger partial charge in [-0.3, -0.25) is 0 Å². The van der Waals surface area contributed by atoms with Gasteiger partial charge in [0, 0.05) is 0 Å². The maximum absolute atomic E-state index is 12.0. The lowest BCUT2D eigenvalue weighted by Gasteiger charge is -2.09. The first-order chi connectivity index (χ1) is 16.6. The van der Waals surface area contributed by atoms with E-state index in [0.717, 1.165) is 5.75 Å². The molecule has 0 heterocycles. The first-order valence-electron chi connectivity index (χ1n) is 10.2. The van der Waals surface area contributed by atoms with Gasteiger partial charge in [-0.2, -0.15) is 13.2 Å². The zero-order valence-corrected chi connectivity index (χ0v) is 20.1. The second-order valence-electron chi connectivity index (χ2n) is 7.08. The quantitative estimate of drug-likeness (QED) is 0.227. The number of halogens is 3. The topological polar surface area (TPSA) is 66.4 Å². The second-order valence-corrected chi connectivity index (χ2v) is 10.5. The number of hydrogen-bond donors (Lipinski definition) is 0. The zero-order valence-electron chi connectivity index (χ0n) is 18.5. The fourth-order valence-corrected chi connectivity index (χ4v) is 5.60. The molecule has 9 heteroatoms. The van der Waals surface area contributed by atoms with Crippen LogP contribution in [0.1, 0.15) is 5.56 Å². The molecule has 0 aliphatic heterocycles.